The Morgan fingerprint density at radius 3 is 2.86 bits per heavy atom. The topological polar surface area (TPSA) is 12.4 Å². The molecular formula is C6H9N. The second kappa shape index (κ2) is 1.49. The van der Waals surface area contributed by atoms with Crippen LogP contribution in [0.5, 0.6) is 0 Å². The quantitative estimate of drug-likeness (QED) is 0.403. The van der Waals surface area contributed by atoms with Crippen molar-refractivity contribution in [2.45, 2.75) is 19.4 Å². The maximum atomic E-state index is 4.09. The lowest BCUT2D eigenvalue weighted by Crippen LogP contribution is -1.91. The molecule has 0 aromatic rings. The minimum Gasteiger partial charge on any atom is -0.290 e. The Labute approximate surface area is 43.8 Å². The van der Waals surface area contributed by atoms with Crippen molar-refractivity contribution in [3.05, 3.63) is 12.2 Å². The van der Waals surface area contributed by atoms with Crippen molar-refractivity contribution in [3.63, 3.8) is 0 Å². The summed E-state index contributed by atoms with van der Waals surface area (Å²) in [6, 6.07) is 0.389. The van der Waals surface area contributed by atoms with Crippen molar-refractivity contribution in [1.29, 1.82) is 0 Å². The van der Waals surface area contributed by atoms with Gasteiger partial charge in [-0.05, 0) is 12.5 Å². The Morgan fingerprint density at radius 1 is 2.00 bits per heavy atom. The van der Waals surface area contributed by atoms with E-state index in [1.165, 1.54) is 5.57 Å². The third-order valence-corrected chi connectivity index (χ3v) is 1.27. The molecule has 0 N–H and O–H groups in total. The summed E-state index contributed by atoms with van der Waals surface area (Å²) in [5.74, 6) is 0. The van der Waals surface area contributed by atoms with Crippen molar-refractivity contribution < 1.29 is 0 Å². The van der Waals surface area contributed by atoms with Crippen molar-refractivity contribution in [3.8, 4) is 0 Å². The number of hydrogen-bond donors (Lipinski definition) is 0. The van der Waals surface area contributed by atoms with Crippen LogP contribution in [-0.4, -0.2) is 12.3 Å². The van der Waals surface area contributed by atoms with E-state index in [9.17, 15) is 0 Å². The van der Waals surface area contributed by atoms with E-state index >= 15 is 0 Å². The molecule has 1 unspecified atom stereocenters. The molecule has 0 bridgehead atoms. The Balaban J connectivity index is 2.62. The Morgan fingerprint density at radius 2 is 2.71 bits per heavy atom. The SMILES string of the molecule is C=C1CC=NC1C. The molecule has 1 aliphatic rings. The monoisotopic (exact) mass is 95.1 g/mol. The van der Waals surface area contributed by atoms with E-state index in [4.69, 9.17) is 0 Å². The zero-order valence-electron chi connectivity index (χ0n) is 4.52. The van der Waals surface area contributed by atoms with Crippen LogP contribution in [0.1, 0.15) is 13.3 Å². The highest BCUT2D eigenvalue weighted by atomic mass is 14.8. The number of hydrogen-bond acceptors (Lipinski definition) is 1. The highest BCUT2D eigenvalue weighted by molar-refractivity contribution is 5.65. The van der Waals surface area contributed by atoms with Gasteiger partial charge in [-0.1, -0.05) is 6.58 Å². The van der Waals surface area contributed by atoms with E-state index in [0.29, 0.717) is 6.04 Å². The van der Waals surface area contributed by atoms with E-state index in [-0.39, 0.29) is 0 Å². The normalized spacial score (nSPS) is 29.3. The Bertz CT molecular complexity index is 113. The molecule has 38 valence electrons. The predicted molar refractivity (Wildman–Crippen MR) is 31.7 cm³/mol. The summed E-state index contributed by atoms with van der Waals surface area (Å²) in [7, 11) is 0. The van der Waals surface area contributed by atoms with Crippen LogP contribution in [0, 0.1) is 0 Å². The van der Waals surface area contributed by atoms with Gasteiger partial charge < -0.3 is 0 Å². The molecule has 0 spiro atoms. The molecule has 1 nitrogen and oxygen atoms in total. The summed E-state index contributed by atoms with van der Waals surface area (Å²) < 4.78 is 0. The molecule has 0 amide bonds. The largest absolute Gasteiger partial charge is 0.290 e. The van der Waals surface area contributed by atoms with E-state index < -0.39 is 0 Å². The standard InChI is InChI=1S/C6H9N/c1-5-3-4-7-6(5)2/h4,6H,1,3H2,2H3. The van der Waals surface area contributed by atoms with Crippen LogP contribution < -0.4 is 0 Å². The van der Waals surface area contributed by atoms with Gasteiger partial charge in [-0.2, -0.15) is 0 Å². The van der Waals surface area contributed by atoms with E-state index in [2.05, 4.69) is 18.5 Å². The molecule has 1 rings (SSSR count). The fraction of sp³-hybridized carbons (Fsp3) is 0.500. The van der Waals surface area contributed by atoms with Gasteiger partial charge in [0.25, 0.3) is 0 Å². The Hall–Kier alpha value is -0.590. The van der Waals surface area contributed by atoms with Gasteiger partial charge in [0, 0.05) is 12.6 Å². The van der Waals surface area contributed by atoms with Crippen LogP contribution >= 0.6 is 0 Å². The molecule has 1 aliphatic heterocycles. The highest BCUT2D eigenvalue weighted by Crippen LogP contribution is 2.11. The third kappa shape index (κ3) is 0.710. The zero-order chi connectivity index (χ0) is 5.28. The molecule has 0 fully saturated rings. The summed E-state index contributed by atoms with van der Waals surface area (Å²) in [5.41, 5.74) is 1.24. The molecule has 0 radical (unpaired) electrons. The molecular weight excluding hydrogens is 86.1 g/mol. The first-order chi connectivity index (χ1) is 3.30. The summed E-state index contributed by atoms with van der Waals surface area (Å²) in [6.45, 7) is 5.87. The third-order valence-electron chi connectivity index (χ3n) is 1.27. The Kier molecular flexibility index (Phi) is 0.970. The molecule has 1 heteroatoms. The van der Waals surface area contributed by atoms with Gasteiger partial charge in [-0.15, -0.1) is 0 Å². The molecule has 0 aromatic carbocycles. The first kappa shape index (κ1) is 4.57. The van der Waals surface area contributed by atoms with Gasteiger partial charge in [0.05, 0.1) is 6.04 Å². The van der Waals surface area contributed by atoms with Crippen LogP contribution in [-0.2, 0) is 0 Å². The maximum Gasteiger partial charge on any atom is 0.0678 e. The van der Waals surface area contributed by atoms with E-state index in [1.807, 2.05) is 6.21 Å². The summed E-state index contributed by atoms with van der Waals surface area (Å²) in [6.07, 6.45) is 2.91. The fourth-order valence-electron chi connectivity index (χ4n) is 0.604. The van der Waals surface area contributed by atoms with Crippen molar-refractivity contribution >= 4 is 6.21 Å². The lowest BCUT2D eigenvalue weighted by atomic mass is 10.2. The van der Waals surface area contributed by atoms with Crippen LogP contribution in [0.25, 0.3) is 0 Å². The van der Waals surface area contributed by atoms with Gasteiger partial charge in [0.1, 0.15) is 0 Å². The molecule has 0 aromatic heterocycles. The van der Waals surface area contributed by atoms with Crippen molar-refractivity contribution in [2.75, 3.05) is 0 Å². The predicted octanol–water partition coefficient (Wildman–Crippen LogP) is 1.41. The summed E-state index contributed by atoms with van der Waals surface area (Å²) in [4.78, 5) is 4.09. The van der Waals surface area contributed by atoms with Crippen LogP contribution in [0.3, 0.4) is 0 Å². The summed E-state index contributed by atoms with van der Waals surface area (Å²) >= 11 is 0. The molecule has 0 saturated carbocycles. The molecule has 1 atom stereocenters. The van der Waals surface area contributed by atoms with Crippen molar-refractivity contribution in [2.24, 2.45) is 4.99 Å². The van der Waals surface area contributed by atoms with E-state index in [1.54, 1.807) is 0 Å². The van der Waals surface area contributed by atoms with Gasteiger partial charge >= 0.3 is 0 Å². The zero-order valence-corrected chi connectivity index (χ0v) is 4.52. The van der Waals surface area contributed by atoms with Gasteiger partial charge in [-0.3, -0.25) is 4.99 Å². The van der Waals surface area contributed by atoms with Gasteiger partial charge in [-0.25, -0.2) is 0 Å². The van der Waals surface area contributed by atoms with Crippen LogP contribution in [0.15, 0.2) is 17.1 Å². The van der Waals surface area contributed by atoms with Crippen LogP contribution in [0.4, 0.5) is 0 Å². The second-order valence-corrected chi connectivity index (χ2v) is 1.87. The van der Waals surface area contributed by atoms with Gasteiger partial charge in [0.15, 0.2) is 0 Å². The maximum absolute atomic E-state index is 4.09. The highest BCUT2D eigenvalue weighted by Gasteiger charge is 2.06. The fourth-order valence-corrected chi connectivity index (χ4v) is 0.604. The number of aliphatic imine (C=N–C) groups is 1. The first-order valence-corrected chi connectivity index (χ1v) is 2.50. The minimum atomic E-state index is 0.389. The average molecular weight is 95.1 g/mol. The summed E-state index contributed by atoms with van der Waals surface area (Å²) in [5, 5.41) is 0. The first-order valence-electron chi connectivity index (χ1n) is 2.50. The van der Waals surface area contributed by atoms with E-state index in [0.717, 1.165) is 6.42 Å². The lowest BCUT2D eigenvalue weighted by Gasteiger charge is -1.95. The minimum absolute atomic E-state index is 0.389. The average Bonchev–Trinajstić information content (AvgIpc) is 1.91. The number of nitrogens with zero attached hydrogens (tertiary/aromatic N) is 1. The second-order valence-electron chi connectivity index (χ2n) is 1.87. The van der Waals surface area contributed by atoms with Gasteiger partial charge in [0.2, 0.25) is 0 Å². The van der Waals surface area contributed by atoms with Crippen molar-refractivity contribution in [1.82, 2.24) is 0 Å². The number of rotatable bonds is 0. The molecule has 1 heterocycles. The smallest absolute Gasteiger partial charge is 0.0678 e. The molecule has 0 aliphatic carbocycles. The molecule has 0 saturated heterocycles. The lowest BCUT2D eigenvalue weighted by molar-refractivity contribution is 0.897. The molecule has 7 heavy (non-hydrogen) atoms. The van der Waals surface area contributed by atoms with Crippen LogP contribution in [0.2, 0.25) is 0 Å².